The van der Waals surface area contributed by atoms with Crippen LogP contribution < -0.4 is 14.8 Å². The van der Waals surface area contributed by atoms with Gasteiger partial charge >= 0.3 is 6.16 Å². The number of carbonyl (C=O) groups is 3. The molecule has 1 aliphatic carbocycles. The molecule has 0 atom stereocenters. The summed E-state index contributed by atoms with van der Waals surface area (Å²) in [5, 5.41) is 2.93. The van der Waals surface area contributed by atoms with Crippen LogP contribution in [0.1, 0.15) is 48.0 Å². The Morgan fingerprint density at radius 1 is 1.09 bits per heavy atom. The molecule has 2 N–H and O–H groups in total. The molecule has 11 heteroatoms. The Hall–Kier alpha value is -3.47. The van der Waals surface area contributed by atoms with Crippen LogP contribution >= 0.6 is 0 Å². The molecule has 2 aromatic rings. The Kier molecular flexibility index (Phi) is 8.58. The van der Waals surface area contributed by atoms with Crippen LogP contribution in [-0.4, -0.2) is 45.0 Å². The number of aromatic nitrogens is 1. The number of hydrogen-bond acceptors (Lipinski definition) is 8. The van der Waals surface area contributed by atoms with Gasteiger partial charge in [0, 0.05) is 24.7 Å². The monoisotopic (exact) mass is 489 g/mol. The van der Waals surface area contributed by atoms with Crippen molar-refractivity contribution in [3.63, 3.8) is 0 Å². The zero-order valence-electron chi connectivity index (χ0n) is 18.8. The van der Waals surface area contributed by atoms with E-state index >= 15 is 0 Å². The van der Waals surface area contributed by atoms with Gasteiger partial charge in [0.15, 0.2) is 0 Å². The Morgan fingerprint density at radius 2 is 1.85 bits per heavy atom. The minimum Gasteiger partial charge on any atom is -0.437 e. The van der Waals surface area contributed by atoms with Gasteiger partial charge in [-0.25, -0.2) is 22.9 Å². The van der Waals surface area contributed by atoms with E-state index in [2.05, 4.69) is 15.0 Å². The fourth-order valence-electron chi connectivity index (χ4n) is 3.65. The number of benzene rings is 1. The summed E-state index contributed by atoms with van der Waals surface area (Å²) in [4.78, 5) is 39.4. The molecule has 34 heavy (non-hydrogen) atoms. The third kappa shape index (κ3) is 7.01. The predicted molar refractivity (Wildman–Crippen MR) is 122 cm³/mol. The number of methoxy groups -OCH3 is 1. The highest BCUT2D eigenvalue weighted by atomic mass is 32.2. The maximum atomic E-state index is 12.7. The minimum absolute atomic E-state index is 0.0395. The fourth-order valence-corrected chi connectivity index (χ4v) is 4.69. The molecule has 3 rings (SSSR count). The molecule has 0 radical (unpaired) electrons. The number of pyridine rings is 1. The summed E-state index contributed by atoms with van der Waals surface area (Å²) in [5.41, 5.74) is 0.674. The topological polar surface area (TPSA) is 141 Å². The summed E-state index contributed by atoms with van der Waals surface area (Å²) in [6, 6.07) is 8.69. The van der Waals surface area contributed by atoms with E-state index in [9.17, 15) is 22.8 Å². The lowest BCUT2D eigenvalue weighted by molar-refractivity contribution is -0.125. The van der Waals surface area contributed by atoms with Gasteiger partial charge in [0.25, 0.3) is 15.9 Å². The van der Waals surface area contributed by atoms with E-state index in [0.717, 1.165) is 39.0 Å². The van der Waals surface area contributed by atoms with Crippen LogP contribution in [0.5, 0.6) is 5.88 Å². The molecule has 1 heterocycles. The van der Waals surface area contributed by atoms with E-state index in [1.54, 1.807) is 12.1 Å². The molecule has 1 aromatic heterocycles. The first-order chi connectivity index (χ1) is 16.3. The molecule has 0 unspecified atom stereocenters. The number of nitrogens with one attached hydrogen (secondary N) is 2. The van der Waals surface area contributed by atoms with Gasteiger partial charge in [-0.05, 0) is 43.0 Å². The van der Waals surface area contributed by atoms with Crippen molar-refractivity contribution in [1.29, 1.82) is 0 Å². The van der Waals surface area contributed by atoms with Crippen LogP contribution in [0.3, 0.4) is 0 Å². The van der Waals surface area contributed by atoms with E-state index in [1.165, 1.54) is 30.7 Å². The molecular formula is C23H27N3O7S. The zero-order chi connectivity index (χ0) is 24.6. The largest absolute Gasteiger partial charge is 0.514 e. The van der Waals surface area contributed by atoms with Gasteiger partial charge in [-0.1, -0.05) is 31.4 Å². The third-order valence-corrected chi connectivity index (χ3v) is 6.81. The second-order valence-electron chi connectivity index (χ2n) is 7.90. The normalized spacial score (nSPS) is 14.1. The summed E-state index contributed by atoms with van der Waals surface area (Å²) in [5.74, 6) is -0.879. The van der Waals surface area contributed by atoms with Gasteiger partial charge in [0.05, 0.1) is 17.6 Å². The zero-order valence-corrected chi connectivity index (χ0v) is 19.6. The Balaban J connectivity index is 1.57. The van der Waals surface area contributed by atoms with Crippen LogP contribution in [0.4, 0.5) is 4.79 Å². The van der Waals surface area contributed by atoms with Gasteiger partial charge in [0.1, 0.15) is 0 Å². The van der Waals surface area contributed by atoms with Crippen LogP contribution in [0.25, 0.3) is 0 Å². The lowest BCUT2D eigenvalue weighted by Crippen LogP contribution is -2.33. The molecule has 1 fully saturated rings. The highest BCUT2D eigenvalue weighted by molar-refractivity contribution is 7.90. The average Bonchev–Trinajstić information content (AvgIpc) is 2.84. The molecule has 0 bridgehead atoms. The molecule has 10 nitrogen and oxygen atoms in total. The predicted octanol–water partition coefficient (Wildman–Crippen LogP) is 2.58. The molecule has 0 aliphatic heterocycles. The number of carbonyl (C=O) groups excluding carboxylic acids is 3. The van der Waals surface area contributed by atoms with Crippen molar-refractivity contribution in [1.82, 2.24) is 15.0 Å². The SMILES string of the molecule is COC(=O)Oc1ccc(C(=O)NS(=O)(=O)c2cccc(CCNC(=O)C3CCCCC3)c2)cn1. The highest BCUT2D eigenvalue weighted by Gasteiger charge is 2.21. The summed E-state index contributed by atoms with van der Waals surface area (Å²) in [6.45, 7) is 0.400. The van der Waals surface area contributed by atoms with E-state index < -0.39 is 22.1 Å². The molecule has 2 amide bonds. The van der Waals surface area contributed by atoms with Gasteiger partial charge in [-0.15, -0.1) is 0 Å². The molecule has 1 aromatic carbocycles. The minimum atomic E-state index is -4.14. The van der Waals surface area contributed by atoms with Crippen LogP contribution in [0.15, 0.2) is 47.5 Å². The smallest absolute Gasteiger partial charge is 0.437 e. The standard InChI is InChI=1S/C23H27N3O7S/c1-32-23(29)33-20-11-10-18(15-25-20)22(28)26-34(30,31)19-9-5-6-16(14-19)12-13-24-21(27)17-7-3-2-4-8-17/h5-6,9-11,14-15,17H,2-4,7-8,12-13H2,1H3,(H,24,27)(H,26,28). The summed E-state index contributed by atoms with van der Waals surface area (Å²) >= 11 is 0. The van der Waals surface area contributed by atoms with Crippen molar-refractivity contribution in [2.75, 3.05) is 13.7 Å². The first-order valence-corrected chi connectivity index (χ1v) is 12.4. The van der Waals surface area contributed by atoms with Crippen molar-refractivity contribution < 1.29 is 32.3 Å². The number of nitrogens with zero attached hydrogens (tertiary/aromatic N) is 1. The number of rotatable bonds is 8. The van der Waals surface area contributed by atoms with Crippen molar-refractivity contribution >= 4 is 28.0 Å². The second kappa shape index (κ2) is 11.6. The first kappa shape index (κ1) is 25.2. The Morgan fingerprint density at radius 3 is 2.53 bits per heavy atom. The first-order valence-electron chi connectivity index (χ1n) is 10.9. The van der Waals surface area contributed by atoms with Gasteiger partial charge in [0.2, 0.25) is 11.8 Å². The van der Waals surface area contributed by atoms with Gasteiger partial charge < -0.3 is 14.8 Å². The number of amides is 2. The maximum absolute atomic E-state index is 12.7. The number of hydrogen-bond donors (Lipinski definition) is 2. The molecule has 1 saturated carbocycles. The van der Waals surface area contributed by atoms with Crippen molar-refractivity contribution in [2.45, 2.75) is 43.4 Å². The second-order valence-corrected chi connectivity index (χ2v) is 9.58. The van der Waals surface area contributed by atoms with Gasteiger partial charge in [-0.3, -0.25) is 9.59 Å². The highest BCUT2D eigenvalue weighted by Crippen LogP contribution is 2.23. The summed E-state index contributed by atoms with van der Waals surface area (Å²) in [6.07, 6.45) is 5.71. The molecule has 0 saturated heterocycles. The lowest BCUT2D eigenvalue weighted by atomic mass is 9.88. The van der Waals surface area contributed by atoms with Crippen LogP contribution in [-0.2, 0) is 26.0 Å². The van der Waals surface area contributed by atoms with E-state index in [1.807, 2.05) is 4.72 Å². The Bertz CT molecular complexity index is 1130. The fraction of sp³-hybridized carbons (Fsp3) is 0.391. The van der Waals surface area contributed by atoms with Crippen LogP contribution in [0.2, 0.25) is 0 Å². The molecule has 182 valence electrons. The molecule has 0 spiro atoms. The van der Waals surface area contributed by atoms with Crippen molar-refractivity contribution in [3.05, 3.63) is 53.7 Å². The molecule has 1 aliphatic rings. The van der Waals surface area contributed by atoms with E-state index in [4.69, 9.17) is 4.74 Å². The summed E-state index contributed by atoms with van der Waals surface area (Å²) in [7, 11) is -3.01. The molecular weight excluding hydrogens is 462 g/mol. The number of sulfonamides is 1. The van der Waals surface area contributed by atoms with Gasteiger partial charge in [-0.2, -0.15) is 0 Å². The van der Waals surface area contributed by atoms with Crippen molar-refractivity contribution in [3.8, 4) is 5.88 Å². The van der Waals surface area contributed by atoms with Crippen LogP contribution in [0, 0.1) is 5.92 Å². The average molecular weight is 490 g/mol. The summed E-state index contributed by atoms with van der Waals surface area (Å²) < 4.78 is 36.5. The lowest BCUT2D eigenvalue weighted by Gasteiger charge is -2.20. The van der Waals surface area contributed by atoms with E-state index in [-0.39, 0.29) is 28.2 Å². The number of ether oxygens (including phenoxy) is 2. The van der Waals surface area contributed by atoms with Crippen molar-refractivity contribution in [2.24, 2.45) is 5.92 Å². The third-order valence-electron chi connectivity index (χ3n) is 5.48. The van der Waals surface area contributed by atoms with E-state index in [0.29, 0.717) is 18.5 Å². The maximum Gasteiger partial charge on any atom is 0.514 e. The quantitative estimate of drug-likeness (QED) is 0.539. The Labute approximate surface area is 198 Å².